The lowest BCUT2D eigenvalue weighted by Gasteiger charge is -2.33. The molecule has 3 N–H and O–H groups in total. The highest BCUT2D eigenvalue weighted by Gasteiger charge is 2.22. The fourth-order valence-corrected chi connectivity index (χ4v) is 2.92. The first-order valence-electron chi connectivity index (χ1n) is 8.50. The number of carboxylic acid groups (broad SMARTS) is 1. The molecule has 0 aliphatic carbocycles. The number of carbonyl (C=O) groups excluding carboxylic acids is 1. The van der Waals surface area contributed by atoms with Gasteiger partial charge in [-0.3, -0.25) is 0 Å². The number of urea groups is 1. The fraction of sp³-hybridized carbons (Fsp3) is 0.333. The van der Waals surface area contributed by atoms with Crippen molar-refractivity contribution in [1.29, 1.82) is 0 Å². The average molecular weight is 355 g/mol. The monoisotopic (exact) mass is 355 g/mol. The van der Waals surface area contributed by atoms with Gasteiger partial charge in [0.05, 0.1) is 5.56 Å². The van der Waals surface area contributed by atoms with Crippen molar-refractivity contribution in [2.75, 3.05) is 18.0 Å². The van der Waals surface area contributed by atoms with E-state index in [9.17, 15) is 9.59 Å². The Labute approximate surface area is 151 Å². The van der Waals surface area contributed by atoms with E-state index in [-0.39, 0.29) is 17.6 Å². The number of aromatic nitrogens is 2. The summed E-state index contributed by atoms with van der Waals surface area (Å²) < 4.78 is 0. The summed E-state index contributed by atoms with van der Waals surface area (Å²) >= 11 is 0. The number of hydrogen-bond acceptors (Lipinski definition) is 5. The lowest BCUT2D eigenvalue weighted by atomic mass is 10.1. The summed E-state index contributed by atoms with van der Waals surface area (Å²) in [6, 6.07) is 8.00. The van der Waals surface area contributed by atoms with Crippen LogP contribution in [0.3, 0.4) is 0 Å². The van der Waals surface area contributed by atoms with Crippen molar-refractivity contribution >= 4 is 17.9 Å². The Morgan fingerprint density at radius 1 is 1.19 bits per heavy atom. The second-order valence-electron chi connectivity index (χ2n) is 6.16. The number of benzene rings is 1. The molecule has 1 unspecified atom stereocenters. The molecule has 0 spiro atoms. The van der Waals surface area contributed by atoms with Crippen molar-refractivity contribution in [2.45, 2.75) is 25.4 Å². The van der Waals surface area contributed by atoms with Crippen molar-refractivity contribution in [2.24, 2.45) is 0 Å². The van der Waals surface area contributed by atoms with E-state index < -0.39 is 5.97 Å². The van der Waals surface area contributed by atoms with E-state index in [0.29, 0.717) is 19.0 Å². The van der Waals surface area contributed by atoms with E-state index in [1.165, 1.54) is 12.1 Å². The molecular weight excluding hydrogens is 334 g/mol. The largest absolute Gasteiger partial charge is 0.478 e. The number of nitrogens with zero attached hydrogens (tertiary/aromatic N) is 3. The third kappa shape index (κ3) is 4.69. The Kier molecular flexibility index (Phi) is 5.62. The van der Waals surface area contributed by atoms with E-state index in [0.717, 1.165) is 24.9 Å². The molecule has 2 aromatic rings. The predicted molar refractivity (Wildman–Crippen MR) is 96.0 cm³/mol. The summed E-state index contributed by atoms with van der Waals surface area (Å²) in [5.41, 5.74) is 1.07. The van der Waals surface area contributed by atoms with Crippen LogP contribution >= 0.6 is 0 Å². The number of anilines is 1. The Balaban J connectivity index is 1.47. The van der Waals surface area contributed by atoms with Gasteiger partial charge in [-0.2, -0.15) is 0 Å². The zero-order valence-corrected chi connectivity index (χ0v) is 14.3. The van der Waals surface area contributed by atoms with Crippen molar-refractivity contribution in [3.63, 3.8) is 0 Å². The second-order valence-corrected chi connectivity index (χ2v) is 6.16. The molecule has 8 heteroatoms. The zero-order valence-electron chi connectivity index (χ0n) is 14.3. The highest BCUT2D eigenvalue weighted by atomic mass is 16.4. The second kappa shape index (κ2) is 8.28. The lowest BCUT2D eigenvalue weighted by molar-refractivity contribution is 0.0697. The molecule has 2 heterocycles. The molecule has 2 amide bonds. The highest BCUT2D eigenvalue weighted by molar-refractivity contribution is 5.87. The van der Waals surface area contributed by atoms with Crippen LogP contribution in [0.15, 0.2) is 42.7 Å². The molecule has 0 bridgehead atoms. The maximum atomic E-state index is 12.1. The summed E-state index contributed by atoms with van der Waals surface area (Å²) in [6.45, 7) is 1.88. The van der Waals surface area contributed by atoms with Crippen LogP contribution < -0.4 is 15.5 Å². The molecule has 0 saturated carbocycles. The summed E-state index contributed by atoms with van der Waals surface area (Å²) in [7, 11) is 0. The van der Waals surface area contributed by atoms with Crippen LogP contribution in [0.1, 0.15) is 28.8 Å². The van der Waals surface area contributed by atoms with Gasteiger partial charge in [0, 0.05) is 38.1 Å². The lowest BCUT2D eigenvalue weighted by Crippen LogP contribution is -2.50. The predicted octanol–water partition coefficient (Wildman–Crippen LogP) is 1.64. The molecule has 26 heavy (non-hydrogen) atoms. The maximum Gasteiger partial charge on any atom is 0.335 e. The molecular formula is C18H21N5O3. The summed E-state index contributed by atoms with van der Waals surface area (Å²) in [4.78, 5) is 33.6. The molecule has 8 nitrogen and oxygen atoms in total. The van der Waals surface area contributed by atoms with Gasteiger partial charge in [-0.05, 0) is 36.6 Å². The van der Waals surface area contributed by atoms with Gasteiger partial charge in [0.15, 0.2) is 0 Å². The SMILES string of the molecule is O=C(NCc1ccc(C(=O)O)cc1)NC1CCCN(c2ncccn2)C1. The number of hydrogen-bond donors (Lipinski definition) is 3. The first-order chi connectivity index (χ1) is 12.6. The minimum atomic E-state index is -0.966. The average Bonchev–Trinajstić information content (AvgIpc) is 2.67. The molecule has 1 aromatic carbocycles. The van der Waals surface area contributed by atoms with Gasteiger partial charge in [-0.1, -0.05) is 12.1 Å². The quantitative estimate of drug-likeness (QED) is 0.753. The van der Waals surface area contributed by atoms with E-state index in [4.69, 9.17) is 5.11 Å². The topological polar surface area (TPSA) is 107 Å². The van der Waals surface area contributed by atoms with Crippen molar-refractivity contribution < 1.29 is 14.7 Å². The minimum absolute atomic E-state index is 0.0296. The number of carboxylic acids is 1. The number of amides is 2. The third-order valence-electron chi connectivity index (χ3n) is 4.25. The van der Waals surface area contributed by atoms with E-state index >= 15 is 0 Å². The van der Waals surface area contributed by atoms with Gasteiger partial charge in [-0.15, -0.1) is 0 Å². The van der Waals surface area contributed by atoms with Gasteiger partial charge < -0.3 is 20.6 Å². The Morgan fingerprint density at radius 2 is 1.92 bits per heavy atom. The van der Waals surface area contributed by atoms with E-state index in [1.807, 2.05) is 0 Å². The van der Waals surface area contributed by atoms with Crippen molar-refractivity contribution in [3.05, 3.63) is 53.9 Å². The molecule has 1 saturated heterocycles. The number of aromatic carboxylic acids is 1. The first kappa shape index (κ1) is 17.7. The van der Waals surface area contributed by atoms with Crippen molar-refractivity contribution in [1.82, 2.24) is 20.6 Å². The van der Waals surface area contributed by atoms with Gasteiger partial charge >= 0.3 is 12.0 Å². The van der Waals surface area contributed by atoms with Crippen LogP contribution in [0.25, 0.3) is 0 Å². The maximum absolute atomic E-state index is 12.1. The molecule has 1 fully saturated rings. The normalized spacial score (nSPS) is 16.8. The van der Waals surface area contributed by atoms with Gasteiger partial charge in [0.1, 0.15) is 0 Å². The molecule has 1 aromatic heterocycles. The first-order valence-corrected chi connectivity index (χ1v) is 8.50. The molecule has 3 rings (SSSR count). The summed E-state index contributed by atoms with van der Waals surface area (Å²) in [5.74, 6) is -0.288. The molecule has 1 atom stereocenters. The highest BCUT2D eigenvalue weighted by Crippen LogP contribution is 2.15. The number of piperidine rings is 1. The molecule has 1 aliphatic heterocycles. The zero-order chi connectivity index (χ0) is 18.4. The summed E-state index contributed by atoms with van der Waals surface area (Å²) in [5, 5.41) is 14.7. The Morgan fingerprint density at radius 3 is 2.62 bits per heavy atom. The molecule has 1 aliphatic rings. The van der Waals surface area contributed by atoms with Crippen LogP contribution in [0.2, 0.25) is 0 Å². The summed E-state index contributed by atoms with van der Waals surface area (Å²) in [6.07, 6.45) is 5.29. The van der Waals surface area contributed by atoms with E-state index in [1.54, 1.807) is 30.6 Å². The Bertz CT molecular complexity index is 751. The van der Waals surface area contributed by atoms with Gasteiger partial charge in [-0.25, -0.2) is 19.6 Å². The van der Waals surface area contributed by atoms with Crippen LogP contribution in [0.5, 0.6) is 0 Å². The van der Waals surface area contributed by atoms with Crippen LogP contribution in [-0.2, 0) is 6.54 Å². The Hall–Kier alpha value is -3.16. The third-order valence-corrected chi connectivity index (χ3v) is 4.25. The minimum Gasteiger partial charge on any atom is -0.478 e. The van der Waals surface area contributed by atoms with Crippen LogP contribution in [0.4, 0.5) is 10.7 Å². The van der Waals surface area contributed by atoms with E-state index in [2.05, 4.69) is 25.5 Å². The van der Waals surface area contributed by atoms with Crippen LogP contribution in [0, 0.1) is 0 Å². The standard InChI is InChI=1S/C18H21N5O3/c24-16(25)14-6-4-13(5-7-14)11-21-18(26)22-15-3-1-10-23(12-15)17-19-8-2-9-20-17/h2,4-9,15H,1,3,10-12H2,(H,24,25)(H2,21,22,26). The molecule has 136 valence electrons. The van der Waals surface area contributed by atoms with Crippen LogP contribution in [-0.4, -0.2) is 46.2 Å². The number of rotatable bonds is 5. The van der Waals surface area contributed by atoms with Crippen molar-refractivity contribution in [3.8, 4) is 0 Å². The van der Waals surface area contributed by atoms with Gasteiger partial charge in [0.2, 0.25) is 5.95 Å². The fourth-order valence-electron chi connectivity index (χ4n) is 2.92. The van der Waals surface area contributed by atoms with Gasteiger partial charge in [0.25, 0.3) is 0 Å². The molecule has 0 radical (unpaired) electrons. The smallest absolute Gasteiger partial charge is 0.335 e. The number of nitrogens with one attached hydrogen (secondary N) is 2. The number of carbonyl (C=O) groups is 2.